The smallest absolute Gasteiger partial charge is 0.240 e. The molecule has 1 saturated heterocycles. The van der Waals surface area contributed by atoms with E-state index in [1.807, 2.05) is 24.3 Å². The third kappa shape index (κ3) is 5.92. The molecule has 2 aromatic rings. The summed E-state index contributed by atoms with van der Waals surface area (Å²) in [7, 11) is 0. The van der Waals surface area contributed by atoms with Crippen molar-refractivity contribution in [2.45, 2.75) is 11.7 Å². The molecular weight excluding hydrogens is 452 g/mol. The van der Waals surface area contributed by atoms with Gasteiger partial charge in [-0.3, -0.25) is 9.59 Å². The van der Waals surface area contributed by atoms with E-state index in [0.717, 1.165) is 10.0 Å². The number of nitrogens with zero attached hydrogens (tertiary/aromatic N) is 2. The SMILES string of the molecule is O=C(CC1S/C(=N/N=C/c2ccc(Cl)cc2)NC1=O)Nc1ccc(Br)cc1. The summed E-state index contributed by atoms with van der Waals surface area (Å²) in [6.45, 7) is 0. The van der Waals surface area contributed by atoms with Gasteiger partial charge in [0.05, 0.1) is 6.21 Å². The number of amides is 2. The lowest BCUT2D eigenvalue weighted by Gasteiger charge is -2.07. The summed E-state index contributed by atoms with van der Waals surface area (Å²) in [5.41, 5.74) is 1.51. The van der Waals surface area contributed by atoms with Crippen molar-refractivity contribution >= 4 is 68.2 Å². The van der Waals surface area contributed by atoms with Crippen LogP contribution in [0.15, 0.2) is 63.2 Å². The lowest BCUT2D eigenvalue weighted by Crippen LogP contribution is -2.28. The van der Waals surface area contributed by atoms with Crippen molar-refractivity contribution in [2.24, 2.45) is 10.2 Å². The quantitative estimate of drug-likeness (QED) is 0.516. The molecular formula is C18H14BrClN4O2S. The van der Waals surface area contributed by atoms with Crippen LogP contribution < -0.4 is 10.6 Å². The first kappa shape index (κ1) is 19.6. The maximum atomic E-state index is 12.1. The fraction of sp³-hybridized carbons (Fsp3) is 0.111. The molecule has 2 N–H and O–H groups in total. The molecule has 138 valence electrons. The van der Waals surface area contributed by atoms with E-state index in [4.69, 9.17) is 11.6 Å². The van der Waals surface area contributed by atoms with Crippen molar-refractivity contribution in [3.05, 3.63) is 63.6 Å². The van der Waals surface area contributed by atoms with Crippen molar-refractivity contribution in [2.75, 3.05) is 5.32 Å². The molecule has 2 aromatic carbocycles. The maximum absolute atomic E-state index is 12.1. The number of benzene rings is 2. The van der Waals surface area contributed by atoms with Gasteiger partial charge in [0, 0.05) is 21.6 Å². The molecule has 1 atom stereocenters. The van der Waals surface area contributed by atoms with E-state index >= 15 is 0 Å². The third-order valence-electron chi connectivity index (χ3n) is 3.50. The summed E-state index contributed by atoms with van der Waals surface area (Å²) in [6, 6.07) is 14.3. The molecule has 0 aromatic heterocycles. The molecule has 1 heterocycles. The Morgan fingerprint density at radius 2 is 1.93 bits per heavy atom. The monoisotopic (exact) mass is 464 g/mol. The number of hydrogen-bond donors (Lipinski definition) is 2. The summed E-state index contributed by atoms with van der Waals surface area (Å²) >= 11 is 10.3. The highest BCUT2D eigenvalue weighted by Crippen LogP contribution is 2.23. The molecule has 0 bridgehead atoms. The Balaban J connectivity index is 1.54. The van der Waals surface area contributed by atoms with Crippen molar-refractivity contribution in [1.29, 1.82) is 0 Å². The van der Waals surface area contributed by atoms with E-state index < -0.39 is 5.25 Å². The van der Waals surface area contributed by atoms with E-state index in [0.29, 0.717) is 15.9 Å². The Hall–Kier alpha value is -2.16. The number of thioether (sulfide) groups is 1. The summed E-state index contributed by atoms with van der Waals surface area (Å²) in [4.78, 5) is 24.2. The molecule has 0 aliphatic carbocycles. The number of rotatable bonds is 5. The van der Waals surface area contributed by atoms with E-state index in [9.17, 15) is 9.59 Å². The summed E-state index contributed by atoms with van der Waals surface area (Å²) in [6.07, 6.45) is 1.61. The predicted molar refractivity (Wildman–Crippen MR) is 113 cm³/mol. The fourth-order valence-electron chi connectivity index (χ4n) is 2.20. The third-order valence-corrected chi connectivity index (χ3v) is 5.35. The molecule has 1 unspecified atom stereocenters. The van der Waals surface area contributed by atoms with Gasteiger partial charge in [0.25, 0.3) is 0 Å². The number of amidine groups is 1. The van der Waals surface area contributed by atoms with Gasteiger partial charge in [-0.1, -0.05) is 51.4 Å². The van der Waals surface area contributed by atoms with E-state index in [1.165, 1.54) is 11.8 Å². The van der Waals surface area contributed by atoms with Crippen LogP contribution in [0.25, 0.3) is 0 Å². The van der Waals surface area contributed by atoms with Gasteiger partial charge in [-0.25, -0.2) is 0 Å². The molecule has 27 heavy (non-hydrogen) atoms. The Labute approximate surface area is 173 Å². The van der Waals surface area contributed by atoms with Crippen molar-refractivity contribution < 1.29 is 9.59 Å². The number of nitrogens with one attached hydrogen (secondary N) is 2. The van der Waals surface area contributed by atoms with Crippen LogP contribution in [0.5, 0.6) is 0 Å². The normalized spacial score (nSPS) is 18.1. The lowest BCUT2D eigenvalue weighted by atomic mass is 10.2. The second kappa shape index (κ2) is 9.16. The first-order valence-corrected chi connectivity index (χ1v) is 9.94. The number of carbonyl (C=O) groups is 2. The van der Waals surface area contributed by atoms with Gasteiger partial charge in [-0.2, -0.15) is 5.10 Å². The van der Waals surface area contributed by atoms with Gasteiger partial charge in [0.15, 0.2) is 5.17 Å². The van der Waals surface area contributed by atoms with E-state index in [-0.39, 0.29) is 18.2 Å². The maximum Gasteiger partial charge on any atom is 0.240 e. The molecule has 1 fully saturated rings. The molecule has 3 rings (SSSR count). The molecule has 0 spiro atoms. The van der Waals surface area contributed by atoms with E-state index in [2.05, 4.69) is 36.8 Å². The van der Waals surface area contributed by atoms with Gasteiger partial charge >= 0.3 is 0 Å². The molecule has 0 radical (unpaired) electrons. The number of hydrogen-bond acceptors (Lipinski definition) is 5. The molecule has 6 nitrogen and oxygen atoms in total. The standard InChI is InChI=1S/C18H14BrClN4O2S/c19-12-3-7-14(8-4-12)22-16(25)9-15-17(26)23-18(27-15)24-21-10-11-1-5-13(20)6-2-11/h1-8,10,15H,9H2,(H,22,25)(H,23,24,26)/b21-10+. The highest BCUT2D eigenvalue weighted by Gasteiger charge is 2.32. The predicted octanol–water partition coefficient (Wildman–Crippen LogP) is 4.05. The van der Waals surface area contributed by atoms with E-state index in [1.54, 1.807) is 30.5 Å². The second-order valence-electron chi connectivity index (χ2n) is 5.56. The number of halogens is 2. The first-order valence-electron chi connectivity index (χ1n) is 7.89. The van der Waals surface area contributed by atoms with Gasteiger partial charge in [-0.15, -0.1) is 5.10 Å². The highest BCUT2D eigenvalue weighted by molar-refractivity contribution is 9.10. The van der Waals surface area contributed by atoms with Crippen LogP contribution in [-0.2, 0) is 9.59 Å². The van der Waals surface area contributed by atoms with Gasteiger partial charge in [0.2, 0.25) is 11.8 Å². The fourth-order valence-corrected chi connectivity index (χ4v) is 3.51. The van der Waals surface area contributed by atoms with Crippen LogP contribution in [0, 0.1) is 0 Å². The van der Waals surface area contributed by atoms with Crippen molar-refractivity contribution in [3.8, 4) is 0 Å². The van der Waals surface area contributed by atoms with Crippen LogP contribution in [0.3, 0.4) is 0 Å². The van der Waals surface area contributed by atoms with Crippen LogP contribution in [0.4, 0.5) is 5.69 Å². The zero-order chi connectivity index (χ0) is 19.2. The summed E-state index contributed by atoms with van der Waals surface area (Å²) in [5, 5.41) is 13.8. The van der Waals surface area contributed by atoms with Gasteiger partial charge in [0.1, 0.15) is 5.25 Å². The summed E-state index contributed by atoms with van der Waals surface area (Å²) in [5.74, 6) is -0.498. The Morgan fingerprint density at radius 1 is 1.22 bits per heavy atom. The minimum atomic E-state index is -0.537. The summed E-state index contributed by atoms with van der Waals surface area (Å²) < 4.78 is 0.922. The second-order valence-corrected chi connectivity index (χ2v) is 8.10. The van der Waals surface area contributed by atoms with Gasteiger partial charge in [-0.05, 0) is 42.0 Å². The molecule has 9 heteroatoms. The topological polar surface area (TPSA) is 82.9 Å². The molecule has 2 amide bonds. The molecule has 1 aliphatic heterocycles. The van der Waals surface area contributed by atoms with Crippen molar-refractivity contribution in [1.82, 2.24) is 5.32 Å². The number of carbonyl (C=O) groups excluding carboxylic acids is 2. The zero-order valence-corrected chi connectivity index (χ0v) is 17.0. The average Bonchev–Trinajstić information content (AvgIpc) is 2.98. The van der Waals surface area contributed by atoms with Crippen molar-refractivity contribution in [3.63, 3.8) is 0 Å². The lowest BCUT2D eigenvalue weighted by molar-refractivity contribution is -0.122. The van der Waals surface area contributed by atoms with Crippen LogP contribution in [0.2, 0.25) is 5.02 Å². The first-order chi connectivity index (χ1) is 13.0. The minimum absolute atomic E-state index is 0.0481. The molecule has 1 aliphatic rings. The molecule has 0 saturated carbocycles. The van der Waals surface area contributed by atoms with Crippen LogP contribution >= 0.6 is 39.3 Å². The Morgan fingerprint density at radius 3 is 2.63 bits per heavy atom. The zero-order valence-electron chi connectivity index (χ0n) is 13.9. The largest absolute Gasteiger partial charge is 0.326 e. The van der Waals surface area contributed by atoms with Gasteiger partial charge < -0.3 is 10.6 Å². The Kier molecular flexibility index (Phi) is 6.65. The average molecular weight is 466 g/mol. The highest BCUT2D eigenvalue weighted by atomic mass is 79.9. The number of anilines is 1. The van der Waals surface area contributed by atoms with Crippen LogP contribution in [0.1, 0.15) is 12.0 Å². The minimum Gasteiger partial charge on any atom is -0.326 e. The van der Waals surface area contributed by atoms with Crippen LogP contribution in [-0.4, -0.2) is 28.4 Å². The Bertz CT molecular complexity index is 901.